The van der Waals surface area contributed by atoms with Gasteiger partial charge in [-0.25, -0.2) is 8.42 Å². The van der Waals surface area contributed by atoms with Crippen LogP contribution in [0.3, 0.4) is 0 Å². The molecule has 0 bridgehead atoms. The number of sulfonamides is 1. The van der Waals surface area contributed by atoms with Gasteiger partial charge >= 0.3 is 0 Å². The normalized spacial score (nSPS) is 16.9. The van der Waals surface area contributed by atoms with Crippen LogP contribution in [0, 0.1) is 13.8 Å². The van der Waals surface area contributed by atoms with E-state index in [1.807, 2.05) is 43.0 Å². The third-order valence-corrected chi connectivity index (χ3v) is 7.68. The molecule has 1 atom stereocenters. The highest BCUT2D eigenvalue weighted by Gasteiger charge is 2.29. The molecule has 1 saturated heterocycles. The van der Waals surface area contributed by atoms with Crippen LogP contribution in [0.5, 0.6) is 0 Å². The number of aryl methyl sites for hydroxylation is 2. The number of nitrogens with one attached hydrogen (secondary N) is 1. The van der Waals surface area contributed by atoms with E-state index in [1.165, 1.54) is 9.87 Å². The maximum atomic E-state index is 12.9. The zero-order valence-corrected chi connectivity index (χ0v) is 18.8. The van der Waals surface area contributed by atoms with E-state index in [2.05, 4.69) is 24.4 Å². The predicted molar refractivity (Wildman–Crippen MR) is 119 cm³/mol. The fourth-order valence-corrected chi connectivity index (χ4v) is 5.08. The number of nitrogens with zero attached hydrogens (tertiary/aromatic N) is 2. The van der Waals surface area contributed by atoms with Crippen LogP contribution in [-0.2, 0) is 14.8 Å². The van der Waals surface area contributed by atoms with E-state index in [0.717, 1.165) is 11.1 Å². The molecule has 2 aromatic rings. The molecule has 0 radical (unpaired) electrons. The Morgan fingerprint density at radius 2 is 1.67 bits per heavy atom. The first kappa shape index (κ1) is 22.5. The summed E-state index contributed by atoms with van der Waals surface area (Å²) in [5.74, 6) is 0.221. The zero-order valence-electron chi connectivity index (χ0n) is 18.0. The smallest absolute Gasteiger partial charge is 0.243 e. The van der Waals surface area contributed by atoms with Crippen LogP contribution in [0.25, 0.3) is 0 Å². The standard InChI is InChI=1S/C23H31N3O3S/c1-18-9-10-22(15-19(18)2)30(28,29)26-13-11-25(12-14-26)17-23(27)24-16-20(3)21-7-5-4-6-8-21/h4-10,15,20H,11-14,16-17H2,1-3H3,(H,24,27)/t20-/m1/s1. The highest BCUT2D eigenvalue weighted by atomic mass is 32.2. The average molecular weight is 430 g/mol. The number of carbonyl (C=O) groups is 1. The Hall–Kier alpha value is -2.22. The third kappa shape index (κ3) is 5.47. The van der Waals surface area contributed by atoms with E-state index in [-0.39, 0.29) is 11.8 Å². The molecular formula is C23H31N3O3S. The number of amides is 1. The summed E-state index contributed by atoms with van der Waals surface area (Å²) in [5.41, 5.74) is 3.24. The largest absolute Gasteiger partial charge is 0.354 e. The first-order chi connectivity index (χ1) is 14.3. The van der Waals surface area contributed by atoms with Gasteiger partial charge in [-0.2, -0.15) is 4.31 Å². The Labute approximate surface area is 179 Å². The molecular weight excluding hydrogens is 398 g/mol. The summed E-state index contributed by atoms with van der Waals surface area (Å²) in [6, 6.07) is 15.4. The van der Waals surface area contributed by atoms with Crippen LogP contribution in [0.1, 0.15) is 29.5 Å². The van der Waals surface area contributed by atoms with Crippen molar-refractivity contribution in [3.05, 3.63) is 65.2 Å². The lowest BCUT2D eigenvalue weighted by Gasteiger charge is -2.33. The fourth-order valence-electron chi connectivity index (χ4n) is 3.58. The molecule has 1 amide bonds. The average Bonchev–Trinajstić information content (AvgIpc) is 2.75. The molecule has 0 aromatic heterocycles. The first-order valence-corrected chi connectivity index (χ1v) is 11.8. The quantitative estimate of drug-likeness (QED) is 0.734. The van der Waals surface area contributed by atoms with Gasteiger partial charge < -0.3 is 5.32 Å². The molecule has 0 unspecified atom stereocenters. The lowest BCUT2D eigenvalue weighted by atomic mass is 10.0. The molecule has 6 nitrogen and oxygen atoms in total. The Kier molecular flexibility index (Phi) is 7.28. The Balaban J connectivity index is 1.48. The molecule has 7 heteroatoms. The van der Waals surface area contributed by atoms with Crippen molar-refractivity contribution in [3.8, 4) is 0 Å². The summed E-state index contributed by atoms with van der Waals surface area (Å²) in [6.07, 6.45) is 0. The lowest BCUT2D eigenvalue weighted by molar-refractivity contribution is -0.122. The van der Waals surface area contributed by atoms with Gasteiger partial charge in [0.05, 0.1) is 11.4 Å². The van der Waals surface area contributed by atoms with Crippen LogP contribution < -0.4 is 5.32 Å². The van der Waals surface area contributed by atoms with Gasteiger partial charge in [0, 0.05) is 32.7 Å². The second-order valence-electron chi connectivity index (χ2n) is 8.04. The minimum Gasteiger partial charge on any atom is -0.354 e. The van der Waals surface area contributed by atoms with Crippen LogP contribution in [0.4, 0.5) is 0 Å². The van der Waals surface area contributed by atoms with Crippen molar-refractivity contribution >= 4 is 15.9 Å². The van der Waals surface area contributed by atoms with Gasteiger partial charge in [-0.1, -0.05) is 43.3 Å². The lowest BCUT2D eigenvalue weighted by Crippen LogP contribution is -2.51. The molecule has 162 valence electrons. The van der Waals surface area contributed by atoms with Gasteiger partial charge in [0.15, 0.2) is 0 Å². The predicted octanol–water partition coefficient (Wildman–Crippen LogP) is 2.53. The van der Waals surface area contributed by atoms with Gasteiger partial charge in [0.2, 0.25) is 15.9 Å². The van der Waals surface area contributed by atoms with Crippen LogP contribution >= 0.6 is 0 Å². The second kappa shape index (κ2) is 9.73. The van der Waals surface area contributed by atoms with Crippen LogP contribution in [-0.4, -0.2) is 62.8 Å². The molecule has 0 spiro atoms. The van der Waals surface area contributed by atoms with Gasteiger partial charge in [-0.05, 0) is 48.6 Å². The van der Waals surface area contributed by atoms with E-state index in [1.54, 1.807) is 12.1 Å². The van der Waals surface area contributed by atoms with Crippen molar-refractivity contribution in [2.45, 2.75) is 31.6 Å². The van der Waals surface area contributed by atoms with E-state index in [0.29, 0.717) is 44.2 Å². The molecule has 1 aliphatic heterocycles. The molecule has 0 aliphatic carbocycles. The maximum Gasteiger partial charge on any atom is 0.243 e. The van der Waals surface area contributed by atoms with E-state index in [4.69, 9.17) is 0 Å². The number of hydrogen-bond donors (Lipinski definition) is 1. The third-order valence-electron chi connectivity index (χ3n) is 5.79. The maximum absolute atomic E-state index is 12.9. The van der Waals surface area contributed by atoms with Crippen molar-refractivity contribution in [2.24, 2.45) is 0 Å². The summed E-state index contributed by atoms with van der Waals surface area (Å²) in [5, 5.41) is 2.99. The number of carbonyl (C=O) groups excluding carboxylic acids is 1. The van der Waals surface area contributed by atoms with Crippen molar-refractivity contribution in [2.75, 3.05) is 39.3 Å². The van der Waals surface area contributed by atoms with Gasteiger partial charge in [0.25, 0.3) is 0 Å². The molecule has 0 saturated carbocycles. The van der Waals surface area contributed by atoms with E-state index < -0.39 is 10.0 Å². The van der Waals surface area contributed by atoms with E-state index >= 15 is 0 Å². The molecule has 1 heterocycles. The summed E-state index contributed by atoms with van der Waals surface area (Å²) < 4.78 is 27.4. The van der Waals surface area contributed by atoms with Crippen LogP contribution in [0.15, 0.2) is 53.4 Å². The number of piperazine rings is 1. The summed E-state index contributed by atoms with van der Waals surface area (Å²) in [4.78, 5) is 14.7. The molecule has 2 aromatic carbocycles. The molecule has 3 rings (SSSR count). The second-order valence-corrected chi connectivity index (χ2v) is 9.98. The summed E-state index contributed by atoms with van der Waals surface area (Å²) in [7, 11) is -3.50. The molecule has 1 N–H and O–H groups in total. The molecule has 1 aliphatic rings. The summed E-state index contributed by atoms with van der Waals surface area (Å²) >= 11 is 0. The Morgan fingerprint density at radius 3 is 2.30 bits per heavy atom. The van der Waals surface area contributed by atoms with Gasteiger partial charge in [-0.15, -0.1) is 0 Å². The molecule has 1 fully saturated rings. The van der Waals surface area contributed by atoms with Crippen molar-refractivity contribution in [3.63, 3.8) is 0 Å². The number of rotatable bonds is 7. The highest BCUT2D eigenvalue weighted by molar-refractivity contribution is 7.89. The first-order valence-electron chi connectivity index (χ1n) is 10.4. The number of hydrogen-bond acceptors (Lipinski definition) is 4. The minimum absolute atomic E-state index is 0.0248. The highest BCUT2D eigenvalue weighted by Crippen LogP contribution is 2.20. The number of benzene rings is 2. The zero-order chi connectivity index (χ0) is 21.7. The topological polar surface area (TPSA) is 69.7 Å². The Bertz CT molecular complexity index is 968. The van der Waals surface area contributed by atoms with Crippen molar-refractivity contribution in [1.82, 2.24) is 14.5 Å². The SMILES string of the molecule is Cc1ccc(S(=O)(=O)N2CCN(CC(=O)NC[C@@H](C)c3ccccc3)CC2)cc1C. The van der Waals surface area contributed by atoms with Crippen molar-refractivity contribution in [1.29, 1.82) is 0 Å². The van der Waals surface area contributed by atoms with E-state index in [9.17, 15) is 13.2 Å². The summed E-state index contributed by atoms with van der Waals surface area (Å²) in [6.45, 7) is 8.73. The van der Waals surface area contributed by atoms with Gasteiger partial charge in [0.1, 0.15) is 0 Å². The van der Waals surface area contributed by atoms with Crippen LogP contribution in [0.2, 0.25) is 0 Å². The Morgan fingerprint density at radius 1 is 1.00 bits per heavy atom. The monoisotopic (exact) mass is 429 g/mol. The molecule has 30 heavy (non-hydrogen) atoms. The van der Waals surface area contributed by atoms with Gasteiger partial charge in [-0.3, -0.25) is 9.69 Å². The fraction of sp³-hybridized carbons (Fsp3) is 0.435. The minimum atomic E-state index is -3.50. The van der Waals surface area contributed by atoms with Crippen molar-refractivity contribution < 1.29 is 13.2 Å².